The summed E-state index contributed by atoms with van der Waals surface area (Å²) >= 11 is 17.8. The van der Waals surface area contributed by atoms with Crippen LogP contribution in [0.15, 0.2) is 35.2 Å². The number of hydrogen-bond donors (Lipinski definition) is 4. The molecule has 0 aliphatic carbocycles. The Kier molecular flexibility index (Phi) is 8.11. The number of amides is 1. The second-order valence-electron chi connectivity index (χ2n) is 5.50. The molecule has 1 aromatic rings. The van der Waals surface area contributed by atoms with Gasteiger partial charge >= 0.3 is 6.09 Å². The Bertz CT molecular complexity index is 590. The maximum absolute atomic E-state index is 11.9. The molecule has 11 heteroatoms. The number of alkyl halides is 3. The number of hydrogen-bond acceptors (Lipinski definition) is 7. The van der Waals surface area contributed by atoms with Crippen molar-refractivity contribution in [2.24, 2.45) is 0 Å². The van der Waals surface area contributed by atoms with Gasteiger partial charge in [0.05, 0.1) is 12.6 Å². The highest BCUT2D eigenvalue weighted by atomic mass is 35.6. The van der Waals surface area contributed by atoms with E-state index in [2.05, 4.69) is 5.32 Å². The zero-order valence-corrected chi connectivity index (χ0v) is 16.4. The van der Waals surface area contributed by atoms with E-state index in [1.807, 2.05) is 30.3 Å². The van der Waals surface area contributed by atoms with Gasteiger partial charge < -0.3 is 30.1 Å². The van der Waals surface area contributed by atoms with Crippen molar-refractivity contribution in [2.75, 3.05) is 13.2 Å². The van der Waals surface area contributed by atoms with Gasteiger partial charge in [0.2, 0.25) is 3.79 Å². The lowest BCUT2D eigenvalue weighted by molar-refractivity contribution is -0.170. The molecule has 0 unspecified atom stereocenters. The predicted octanol–water partition coefficient (Wildman–Crippen LogP) is 1.68. The summed E-state index contributed by atoms with van der Waals surface area (Å²) in [7, 11) is 0. The van der Waals surface area contributed by atoms with Crippen molar-refractivity contribution in [3.05, 3.63) is 30.3 Å². The molecule has 2 rings (SSSR count). The standard InChI is InChI=1S/C15H18Cl3NO6S/c16-15(17,18)7-24-14(23)19-10-12(22)11(21)9(6-20)25-13(10)26-8-4-2-1-3-5-8/h1-5,9-13,20-22H,6-7H2,(H,19,23)/t9-,10-,11-,12+,13-/m0/s1. The van der Waals surface area contributed by atoms with Gasteiger partial charge in [-0.25, -0.2) is 4.79 Å². The third-order valence-corrected chi connectivity index (χ3v) is 5.04. The molecule has 1 amide bonds. The van der Waals surface area contributed by atoms with E-state index in [0.29, 0.717) is 0 Å². The summed E-state index contributed by atoms with van der Waals surface area (Å²) in [5.41, 5.74) is -0.798. The first kappa shape index (κ1) is 21.8. The van der Waals surface area contributed by atoms with Gasteiger partial charge in [-0.1, -0.05) is 64.8 Å². The van der Waals surface area contributed by atoms with Gasteiger partial charge in [0.25, 0.3) is 0 Å². The molecule has 26 heavy (non-hydrogen) atoms. The van der Waals surface area contributed by atoms with Crippen LogP contribution in [0.4, 0.5) is 4.79 Å². The molecular weight excluding hydrogens is 429 g/mol. The lowest BCUT2D eigenvalue weighted by Gasteiger charge is -2.42. The van der Waals surface area contributed by atoms with Gasteiger partial charge in [0.1, 0.15) is 30.4 Å². The van der Waals surface area contributed by atoms with Gasteiger partial charge in [-0.2, -0.15) is 0 Å². The number of benzene rings is 1. The fourth-order valence-electron chi connectivity index (χ4n) is 2.29. The second-order valence-corrected chi connectivity index (χ2v) is 9.19. The molecule has 1 heterocycles. The van der Waals surface area contributed by atoms with E-state index in [4.69, 9.17) is 44.3 Å². The molecule has 0 saturated carbocycles. The van der Waals surface area contributed by atoms with Gasteiger partial charge in [-0.05, 0) is 12.1 Å². The van der Waals surface area contributed by atoms with Gasteiger partial charge in [0.15, 0.2) is 0 Å². The molecule has 1 fully saturated rings. The van der Waals surface area contributed by atoms with Crippen molar-refractivity contribution >= 4 is 52.7 Å². The molecule has 0 radical (unpaired) electrons. The summed E-state index contributed by atoms with van der Waals surface area (Å²) in [6.07, 6.45) is -4.74. The van der Waals surface area contributed by atoms with Crippen LogP contribution in [0, 0.1) is 0 Å². The Morgan fingerprint density at radius 3 is 2.46 bits per heavy atom. The quantitative estimate of drug-likeness (QED) is 0.510. The summed E-state index contributed by atoms with van der Waals surface area (Å²) in [4.78, 5) is 12.7. The van der Waals surface area contributed by atoms with Crippen molar-refractivity contribution in [2.45, 2.75) is 38.5 Å². The summed E-state index contributed by atoms with van der Waals surface area (Å²) in [5, 5.41) is 32.2. The van der Waals surface area contributed by atoms with Crippen molar-refractivity contribution in [3.63, 3.8) is 0 Å². The normalized spacial score (nSPS) is 29.2. The Labute approximate surface area is 169 Å². The summed E-state index contributed by atoms with van der Waals surface area (Å²) in [6.45, 7) is -0.986. The summed E-state index contributed by atoms with van der Waals surface area (Å²) in [5.74, 6) is 0. The topological polar surface area (TPSA) is 108 Å². The van der Waals surface area contributed by atoms with Crippen LogP contribution in [-0.2, 0) is 9.47 Å². The highest BCUT2D eigenvalue weighted by molar-refractivity contribution is 7.99. The molecule has 146 valence electrons. The number of carbonyl (C=O) groups excluding carboxylic acids is 1. The second kappa shape index (κ2) is 9.66. The highest BCUT2D eigenvalue weighted by Crippen LogP contribution is 2.33. The van der Waals surface area contributed by atoms with Crippen molar-refractivity contribution in [1.29, 1.82) is 0 Å². The smallest absolute Gasteiger partial charge is 0.407 e. The van der Waals surface area contributed by atoms with Crippen LogP contribution in [0.3, 0.4) is 0 Å². The lowest BCUT2D eigenvalue weighted by atomic mass is 9.98. The average molecular weight is 447 g/mol. The SMILES string of the molecule is O=C(N[C@H]1[C@@H](O)[C@@H](O)[C@H](CO)O[C@H]1Sc1ccccc1)OCC(Cl)(Cl)Cl. The molecular formula is C15H18Cl3NO6S. The highest BCUT2D eigenvalue weighted by Gasteiger charge is 2.45. The molecule has 1 aliphatic rings. The summed E-state index contributed by atoms with van der Waals surface area (Å²) in [6, 6.07) is 8.08. The van der Waals surface area contributed by atoms with Crippen molar-refractivity contribution in [1.82, 2.24) is 5.32 Å². The Morgan fingerprint density at radius 2 is 1.88 bits per heavy atom. The molecule has 1 saturated heterocycles. The molecule has 1 aliphatic heterocycles. The molecule has 4 N–H and O–H groups in total. The fourth-order valence-corrected chi connectivity index (χ4v) is 3.61. The first-order valence-corrected chi connectivity index (χ1v) is 9.57. The minimum Gasteiger partial charge on any atom is -0.445 e. The van der Waals surface area contributed by atoms with Crippen LogP contribution in [0.1, 0.15) is 0 Å². The fraction of sp³-hybridized carbons (Fsp3) is 0.533. The van der Waals surface area contributed by atoms with Gasteiger partial charge in [0, 0.05) is 4.90 Å². The zero-order chi connectivity index (χ0) is 19.3. The van der Waals surface area contributed by atoms with Crippen molar-refractivity contribution < 1.29 is 29.6 Å². The maximum Gasteiger partial charge on any atom is 0.407 e. The number of alkyl carbamates (subject to hydrolysis) is 1. The minimum absolute atomic E-state index is 0.492. The largest absolute Gasteiger partial charge is 0.445 e. The Morgan fingerprint density at radius 1 is 1.23 bits per heavy atom. The van der Waals surface area contributed by atoms with Crippen LogP contribution >= 0.6 is 46.6 Å². The molecule has 0 spiro atoms. The first-order valence-electron chi connectivity index (χ1n) is 7.55. The van der Waals surface area contributed by atoms with Crippen LogP contribution in [0.25, 0.3) is 0 Å². The number of ether oxygens (including phenoxy) is 2. The minimum atomic E-state index is -1.78. The van der Waals surface area contributed by atoms with E-state index >= 15 is 0 Å². The number of rotatable bonds is 5. The number of aliphatic hydroxyl groups excluding tert-OH is 3. The Hall–Kier alpha value is -0.450. The third kappa shape index (κ3) is 6.31. The average Bonchev–Trinajstić information content (AvgIpc) is 2.59. The van der Waals surface area contributed by atoms with Crippen LogP contribution in [0.2, 0.25) is 0 Å². The number of carbonyl (C=O) groups is 1. The number of halogens is 3. The maximum atomic E-state index is 11.9. The Balaban J connectivity index is 2.10. The monoisotopic (exact) mass is 445 g/mol. The van der Waals surface area contributed by atoms with Crippen LogP contribution in [-0.4, -0.2) is 68.2 Å². The zero-order valence-electron chi connectivity index (χ0n) is 13.3. The van der Waals surface area contributed by atoms with E-state index in [-0.39, 0.29) is 0 Å². The number of thioether (sulfide) groups is 1. The molecule has 0 bridgehead atoms. The van der Waals surface area contributed by atoms with E-state index in [9.17, 15) is 20.1 Å². The van der Waals surface area contributed by atoms with E-state index in [0.717, 1.165) is 4.90 Å². The van der Waals surface area contributed by atoms with Crippen LogP contribution < -0.4 is 5.32 Å². The lowest BCUT2D eigenvalue weighted by Crippen LogP contribution is -2.63. The summed E-state index contributed by atoms with van der Waals surface area (Å²) < 4.78 is 8.65. The number of aliphatic hydroxyl groups is 3. The number of nitrogens with one attached hydrogen (secondary N) is 1. The molecule has 5 atom stereocenters. The molecule has 1 aromatic carbocycles. The van der Waals surface area contributed by atoms with E-state index < -0.39 is 52.9 Å². The molecule has 0 aromatic heterocycles. The predicted molar refractivity (Wildman–Crippen MR) is 98.6 cm³/mol. The molecule has 7 nitrogen and oxygen atoms in total. The first-order chi connectivity index (χ1) is 12.2. The van der Waals surface area contributed by atoms with E-state index in [1.165, 1.54) is 11.8 Å². The van der Waals surface area contributed by atoms with Crippen LogP contribution in [0.5, 0.6) is 0 Å². The third-order valence-electron chi connectivity index (χ3n) is 3.53. The van der Waals surface area contributed by atoms with Gasteiger partial charge in [-0.3, -0.25) is 0 Å². The van der Waals surface area contributed by atoms with Crippen molar-refractivity contribution in [3.8, 4) is 0 Å². The van der Waals surface area contributed by atoms with E-state index in [1.54, 1.807) is 0 Å². The van der Waals surface area contributed by atoms with Gasteiger partial charge in [-0.15, -0.1) is 0 Å².